The maximum absolute atomic E-state index is 9.96. The normalized spacial score (nSPS) is 11.0. The molecule has 0 fully saturated rings. The smallest absolute Gasteiger partial charge is 0.179 e. The first-order chi connectivity index (χ1) is 29.4. The second-order valence-electron chi connectivity index (χ2n) is 15.0. The summed E-state index contributed by atoms with van der Waals surface area (Å²) in [7, 11) is -5.87. The number of alkyl halides is 1. The Kier molecular flexibility index (Phi) is 18.3. The van der Waals surface area contributed by atoms with Gasteiger partial charge in [0, 0.05) is 17.9 Å². The van der Waals surface area contributed by atoms with Crippen LogP contribution in [-0.4, -0.2) is 23.3 Å². The Hall–Kier alpha value is -3.96. The van der Waals surface area contributed by atoms with Crippen LogP contribution in [0.15, 0.2) is 212 Å². The molecule has 7 heteroatoms. The molecule has 0 aliphatic rings. The van der Waals surface area contributed by atoms with E-state index < -0.39 is 23.3 Å². The van der Waals surface area contributed by atoms with Gasteiger partial charge in [-0.1, -0.05) is 246 Å². The van der Waals surface area contributed by atoms with E-state index in [9.17, 15) is 4.39 Å². The van der Waals surface area contributed by atoms with Gasteiger partial charge in [-0.15, -0.1) is 0 Å². The Morgan fingerprint density at radius 3 is 0.532 bits per heavy atom. The molecule has 318 valence electrons. The van der Waals surface area contributed by atoms with Crippen LogP contribution in [0.25, 0.3) is 0 Å². The van der Waals surface area contributed by atoms with Crippen molar-refractivity contribution in [2.75, 3.05) is 7.15 Å². The standard InChI is InChI=1S/C28H28Si.C24H16Br4Si.CH3F.2CH4/c1-21-5-13-25(14-6-21)29(26-15-7-22(2)8-16-26,27-17-9-23(3)10-18-27)28-19-11-24(4)12-20-28;25-17-1-9-21(10-2-17)29(22-11-3-18(26)4-12-22,23-13-5-19(27)6-14-23)24-15-7-20(28)8-16-24;1-2;;/h5-20H,1-4H3;1-16H;1H3;2*1H4/i;;1D;;. The molecule has 0 aliphatic heterocycles. The van der Waals surface area contributed by atoms with Gasteiger partial charge in [0.2, 0.25) is 0 Å². The molecule has 0 amide bonds. The summed E-state index contributed by atoms with van der Waals surface area (Å²) >= 11 is 14.4. The monoisotopic (exact) mass is 1110 g/mol. The summed E-state index contributed by atoms with van der Waals surface area (Å²) in [5, 5.41) is 11.1. The SMILES string of the molecule is Brc1ccc([Si](c2ccc(Br)cc2)(c2ccc(Br)cc2)c2ccc(Br)cc2)cc1.C.C.Cc1ccc([Si](c2ccc(C)cc2)(c2ccc(C)cc2)c2ccc(C)cc2)cc1.[2H]CF. The van der Waals surface area contributed by atoms with Gasteiger partial charge >= 0.3 is 0 Å². The summed E-state index contributed by atoms with van der Waals surface area (Å²) < 4.78 is 19.9. The molecule has 0 saturated heterocycles. The van der Waals surface area contributed by atoms with Gasteiger partial charge in [0.1, 0.15) is 0 Å². The predicted molar refractivity (Wildman–Crippen MR) is 290 cm³/mol. The van der Waals surface area contributed by atoms with Crippen molar-refractivity contribution in [2.45, 2.75) is 42.5 Å². The molecule has 0 N–H and O–H groups in total. The molecule has 8 aromatic carbocycles. The Morgan fingerprint density at radius 1 is 0.290 bits per heavy atom. The molecule has 0 aliphatic carbocycles. The highest BCUT2D eigenvalue weighted by molar-refractivity contribution is 9.11. The largest absolute Gasteiger partial charge is 0.255 e. The van der Waals surface area contributed by atoms with Gasteiger partial charge in [-0.05, 0) is 118 Å². The lowest BCUT2D eigenvalue weighted by Gasteiger charge is -2.34. The zero-order valence-corrected chi connectivity index (χ0v) is 42.4. The quantitative estimate of drug-likeness (QED) is 0.105. The van der Waals surface area contributed by atoms with Crippen LogP contribution in [0.2, 0.25) is 0 Å². The van der Waals surface area contributed by atoms with Crippen LogP contribution in [0.1, 0.15) is 38.5 Å². The molecular weight excluding hydrogens is 1060 g/mol. The summed E-state index contributed by atoms with van der Waals surface area (Å²) in [4.78, 5) is 0. The Morgan fingerprint density at radius 2 is 0.403 bits per heavy atom. The van der Waals surface area contributed by atoms with Crippen LogP contribution in [0.5, 0.6) is 0 Å². The van der Waals surface area contributed by atoms with E-state index in [0.717, 1.165) is 17.9 Å². The van der Waals surface area contributed by atoms with E-state index in [4.69, 9.17) is 1.37 Å². The van der Waals surface area contributed by atoms with Crippen LogP contribution in [0, 0.1) is 27.7 Å². The summed E-state index contributed by atoms with van der Waals surface area (Å²) in [5.41, 5.74) is 5.20. The maximum atomic E-state index is 9.96. The van der Waals surface area contributed by atoms with Crippen molar-refractivity contribution in [3.05, 3.63) is 234 Å². The van der Waals surface area contributed by atoms with Crippen molar-refractivity contribution in [1.29, 1.82) is 0 Å². The number of aryl methyl sites for hydroxylation is 4. The minimum Gasteiger partial charge on any atom is -0.255 e. The van der Waals surface area contributed by atoms with Crippen molar-refractivity contribution >= 4 is 121 Å². The number of halogens is 5. The molecule has 0 aromatic heterocycles. The molecule has 0 bridgehead atoms. The van der Waals surface area contributed by atoms with E-state index in [1.54, 1.807) is 0 Å². The van der Waals surface area contributed by atoms with Crippen molar-refractivity contribution in [2.24, 2.45) is 0 Å². The van der Waals surface area contributed by atoms with Crippen molar-refractivity contribution < 1.29 is 5.76 Å². The zero-order chi connectivity index (χ0) is 43.6. The third kappa shape index (κ3) is 11.0. The fourth-order valence-electron chi connectivity index (χ4n) is 8.01. The first-order valence-corrected chi connectivity index (χ1v) is 26.8. The van der Waals surface area contributed by atoms with E-state index in [1.807, 2.05) is 0 Å². The lowest BCUT2D eigenvalue weighted by Crippen LogP contribution is -2.74. The third-order valence-corrected chi connectivity index (χ3v) is 22.8. The fraction of sp³-hybridized carbons (Fsp3) is 0.127. The number of rotatable bonds is 8. The molecule has 8 aromatic rings. The van der Waals surface area contributed by atoms with Crippen molar-refractivity contribution in [3.8, 4) is 0 Å². The van der Waals surface area contributed by atoms with Gasteiger partial charge in [-0.2, -0.15) is 0 Å². The third-order valence-electron chi connectivity index (χ3n) is 11.0. The van der Waals surface area contributed by atoms with Gasteiger partial charge in [0.05, 0.1) is 8.52 Å². The average Bonchev–Trinajstić information content (AvgIpc) is 3.26. The van der Waals surface area contributed by atoms with E-state index in [2.05, 4.69) is 286 Å². The fourth-order valence-corrected chi connectivity index (χ4v) is 18.4. The van der Waals surface area contributed by atoms with E-state index >= 15 is 0 Å². The molecule has 0 heterocycles. The molecule has 0 nitrogen and oxygen atoms in total. The van der Waals surface area contributed by atoms with Crippen molar-refractivity contribution in [3.63, 3.8) is 0 Å². The van der Waals surface area contributed by atoms with Gasteiger partial charge in [0.25, 0.3) is 0 Å². The molecule has 0 spiro atoms. The van der Waals surface area contributed by atoms with E-state index in [0.29, 0.717) is 0 Å². The molecule has 0 radical (unpaired) electrons. The summed E-state index contributed by atoms with van der Waals surface area (Å²) in [6.07, 6.45) is 0. The number of benzene rings is 8. The summed E-state index contributed by atoms with van der Waals surface area (Å²) in [6, 6.07) is 72.1. The minimum atomic E-state index is -2.48. The molecule has 0 unspecified atom stereocenters. The molecule has 62 heavy (non-hydrogen) atoms. The van der Waals surface area contributed by atoms with Gasteiger partial charge in [-0.3, -0.25) is 4.39 Å². The number of hydrogen-bond acceptors (Lipinski definition) is 0. The van der Waals surface area contributed by atoms with E-state index in [-0.39, 0.29) is 14.9 Å². The maximum Gasteiger partial charge on any atom is 0.179 e. The molecule has 8 rings (SSSR count). The predicted octanol–water partition coefficient (Wildman–Crippen LogP) is 12.3. The average molecular weight is 1110 g/mol. The summed E-state index contributed by atoms with van der Waals surface area (Å²) in [5.74, 6) is 0. The van der Waals surface area contributed by atoms with Crippen LogP contribution < -0.4 is 41.5 Å². The van der Waals surface area contributed by atoms with Gasteiger partial charge < -0.3 is 0 Å². The lowest BCUT2D eigenvalue weighted by atomic mass is 10.2. The van der Waals surface area contributed by atoms with Crippen LogP contribution in [0.4, 0.5) is 4.39 Å². The van der Waals surface area contributed by atoms with Crippen LogP contribution in [-0.2, 0) is 0 Å². The van der Waals surface area contributed by atoms with Crippen LogP contribution in [0.3, 0.4) is 0 Å². The minimum absolute atomic E-state index is 0. The Labute approximate surface area is 407 Å². The first-order valence-electron chi connectivity index (χ1n) is 20.3. The second kappa shape index (κ2) is 23.1. The highest BCUT2D eigenvalue weighted by Gasteiger charge is 2.42. The Balaban J connectivity index is 0.000000253. The summed E-state index contributed by atoms with van der Waals surface area (Å²) in [6.45, 7) is 8.65. The van der Waals surface area contributed by atoms with Crippen LogP contribution >= 0.6 is 63.7 Å². The zero-order valence-electron chi connectivity index (χ0n) is 35.1. The van der Waals surface area contributed by atoms with Gasteiger partial charge in [0.15, 0.2) is 16.1 Å². The number of hydrogen-bond donors (Lipinski definition) is 0. The highest BCUT2D eigenvalue weighted by Crippen LogP contribution is 2.18. The highest BCUT2D eigenvalue weighted by atomic mass is 79.9. The molecule has 0 atom stereocenters. The topological polar surface area (TPSA) is 0 Å². The molecular formula is C55H55Br4FSi2. The second-order valence-corrected chi connectivity index (χ2v) is 26.3. The van der Waals surface area contributed by atoms with E-state index in [1.165, 1.54) is 63.7 Å². The molecule has 0 saturated carbocycles. The Bertz CT molecular complexity index is 2040. The van der Waals surface area contributed by atoms with Crippen molar-refractivity contribution in [1.82, 2.24) is 0 Å². The first kappa shape index (κ1) is 49.1. The van der Waals surface area contributed by atoms with Gasteiger partial charge in [-0.25, -0.2) is 0 Å². The lowest BCUT2D eigenvalue weighted by molar-refractivity contribution is 0.636.